The monoisotopic (exact) mass is 620 g/mol. The van der Waals surface area contributed by atoms with Gasteiger partial charge in [-0.2, -0.15) is 0 Å². The zero-order valence-corrected chi connectivity index (χ0v) is 21.7. The number of furan rings is 2. The van der Waals surface area contributed by atoms with Gasteiger partial charge >= 0.3 is 11.9 Å². The van der Waals surface area contributed by atoms with Gasteiger partial charge in [0, 0.05) is 5.39 Å². The van der Waals surface area contributed by atoms with E-state index in [4.69, 9.17) is 18.3 Å². The summed E-state index contributed by atoms with van der Waals surface area (Å²) in [4.78, 5) is 29.1. The fourth-order valence-corrected chi connectivity index (χ4v) is 4.96. The van der Waals surface area contributed by atoms with E-state index in [0.29, 0.717) is 59.6 Å². The van der Waals surface area contributed by atoms with Gasteiger partial charge in [0.25, 0.3) is 0 Å². The second-order valence-electron chi connectivity index (χ2n) is 7.87. The summed E-state index contributed by atoms with van der Waals surface area (Å²) in [7, 11) is 0. The smallest absolute Gasteiger partial charge is 0.355 e. The number of esters is 2. The minimum absolute atomic E-state index is 0.287. The minimum Gasteiger partial charge on any atom is -0.464 e. The Balaban J connectivity index is 0.000000152. The van der Waals surface area contributed by atoms with E-state index in [-0.39, 0.29) is 23.9 Å². The fourth-order valence-electron chi connectivity index (χ4n) is 4.07. The number of aromatic nitrogens is 2. The van der Waals surface area contributed by atoms with Crippen LogP contribution in [0.2, 0.25) is 0 Å². The van der Waals surface area contributed by atoms with Crippen molar-refractivity contribution >= 4 is 78.3 Å². The molecular weight excluding hydrogens is 601 g/mol. The standard InChI is InChI=1S/C13H9FINO3.C13H10FNO3/c1-2-18-13(17)11-10(15)9-8(16-11)5-7(14)6-3-4-19-12(6)9;1-2-17-13(16)11-5-8-10(15-11)6-9(14)7-3-4-18-12(7)8/h3-5,16H,2H2,1H3;3-6,15H,2H2,1H3. The van der Waals surface area contributed by atoms with Gasteiger partial charge in [0.15, 0.2) is 0 Å². The molecule has 4 aromatic heterocycles. The predicted octanol–water partition coefficient (Wildman–Crippen LogP) is 7.06. The van der Waals surface area contributed by atoms with Crippen molar-refractivity contribution in [1.29, 1.82) is 0 Å². The van der Waals surface area contributed by atoms with Crippen molar-refractivity contribution in [1.82, 2.24) is 9.97 Å². The van der Waals surface area contributed by atoms with Gasteiger partial charge < -0.3 is 28.3 Å². The maximum Gasteiger partial charge on any atom is 0.355 e. The lowest BCUT2D eigenvalue weighted by Crippen LogP contribution is -2.06. The van der Waals surface area contributed by atoms with Gasteiger partial charge in [0.1, 0.15) is 34.2 Å². The summed E-state index contributed by atoms with van der Waals surface area (Å²) < 4.78 is 48.7. The van der Waals surface area contributed by atoms with Gasteiger partial charge in [-0.1, -0.05) is 0 Å². The van der Waals surface area contributed by atoms with Crippen LogP contribution in [-0.4, -0.2) is 35.1 Å². The summed E-state index contributed by atoms with van der Waals surface area (Å²) in [5.74, 6) is -1.69. The predicted molar refractivity (Wildman–Crippen MR) is 141 cm³/mol. The van der Waals surface area contributed by atoms with Crippen molar-refractivity contribution in [2.75, 3.05) is 13.2 Å². The van der Waals surface area contributed by atoms with E-state index in [9.17, 15) is 18.4 Å². The third-order valence-corrected chi connectivity index (χ3v) is 6.73. The first-order valence-electron chi connectivity index (χ1n) is 11.2. The molecule has 4 heterocycles. The van der Waals surface area contributed by atoms with Crippen LogP contribution in [0.5, 0.6) is 0 Å². The number of carbonyl (C=O) groups is 2. The lowest BCUT2D eigenvalue weighted by molar-refractivity contribution is 0.0510. The Morgan fingerprint density at radius 2 is 1.43 bits per heavy atom. The summed E-state index contributed by atoms with van der Waals surface area (Å²) in [5.41, 5.74) is 2.50. The number of ether oxygens (including phenoxy) is 2. The maximum atomic E-state index is 13.8. The molecule has 8 nitrogen and oxygen atoms in total. The Kier molecular flexibility index (Phi) is 6.63. The van der Waals surface area contributed by atoms with Crippen molar-refractivity contribution < 1.29 is 36.7 Å². The number of benzene rings is 2. The Morgan fingerprint density at radius 1 is 0.838 bits per heavy atom. The van der Waals surface area contributed by atoms with Crippen LogP contribution in [0.4, 0.5) is 8.78 Å². The first-order chi connectivity index (χ1) is 17.8. The molecule has 0 fully saturated rings. The van der Waals surface area contributed by atoms with E-state index in [0.717, 1.165) is 0 Å². The molecule has 0 amide bonds. The Hall–Kier alpha value is -3.87. The summed E-state index contributed by atoms with van der Waals surface area (Å²) >= 11 is 2.03. The van der Waals surface area contributed by atoms with E-state index in [1.165, 1.54) is 24.7 Å². The zero-order valence-electron chi connectivity index (χ0n) is 19.5. The number of fused-ring (bicyclic) bond motifs is 6. The molecule has 0 spiro atoms. The van der Waals surface area contributed by atoms with E-state index in [2.05, 4.69) is 9.97 Å². The highest BCUT2D eigenvalue weighted by Gasteiger charge is 2.21. The minimum atomic E-state index is -0.464. The molecule has 0 aliphatic rings. The molecule has 0 aliphatic heterocycles. The normalized spacial score (nSPS) is 11.3. The number of carbonyl (C=O) groups excluding carboxylic acids is 2. The molecule has 0 unspecified atom stereocenters. The molecule has 0 saturated heterocycles. The number of hydrogen-bond donors (Lipinski definition) is 2. The van der Waals surface area contributed by atoms with Crippen molar-refractivity contribution in [3.8, 4) is 0 Å². The van der Waals surface area contributed by atoms with Gasteiger partial charge in [0.05, 0.1) is 56.5 Å². The third-order valence-electron chi connectivity index (χ3n) is 5.65. The Morgan fingerprint density at radius 3 is 2.11 bits per heavy atom. The number of H-pyrrole nitrogens is 2. The summed E-state index contributed by atoms with van der Waals surface area (Å²) in [6.07, 6.45) is 2.85. The molecule has 2 N–H and O–H groups in total. The Labute approximate surface area is 221 Å². The molecule has 190 valence electrons. The van der Waals surface area contributed by atoms with Gasteiger partial charge in [-0.05, 0) is 66.8 Å². The lowest BCUT2D eigenvalue weighted by Gasteiger charge is -1.98. The van der Waals surface area contributed by atoms with Gasteiger partial charge in [-0.15, -0.1) is 0 Å². The molecule has 6 aromatic rings. The van der Waals surface area contributed by atoms with Crippen LogP contribution in [0.25, 0.3) is 43.7 Å². The maximum absolute atomic E-state index is 13.8. The molecule has 0 atom stereocenters. The van der Waals surface area contributed by atoms with Gasteiger partial charge in [-0.3, -0.25) is 0 Å². The molecule has 2 aromatic carbocycles. The van der Waals surface area contributed by atoms with Crippen LogP contribution in [0.15, 0.2) is 51.7 Å². The van der Waals surface area contributed by atoms with E-state index in [1.807, 2.05) is 22.6 Å². The highest BCUT2D eigenvalue weighted by atomic mass is 127. The summed E-state index contributed by atoms with van der Waals surface area (Å²) in [6.45, 7) is 4.04. The van der Waals surface area contributed by atoms with Crippen LogP contribution in [0, 0.1) is 15.2 Å². The van der Waals surface area contributed by atoms with Crippen LogP contribution >= 0.6 is 22.6 Å². The van der Waals surface area contributed by atoms with Gasteiger partial charge in [-0.25, -0.2) is 18.4 Å². The molecule has 0 aliphatic carbocycles. The largest absolute Gasteiger partial charge is 0.464 e. The van der Waals surface area contributed by atoms with Crippen LogP contribution < -0.4 is 0 Å². The van der Waals surface area contributed by atoms with E-state index in [1.54, 1.807) is 32.0 Å². The Bertz CT molecular complexity index is 1800. The van der Waals surface area contributed by atoms with Crippen molar-refractivity contribution in [3.05, 3.63) is 69.5 Å². The van der Waals surface area contributed by atoms with Crippen LogP contribution in [-0.2, 0) is 9.47 Å². The van der Waals surface area contributed by atoms with Crippen molar-refractivity contribution in [2.45, 2.75) is 13.8 Å². The van der Waals surface area contributed by atoms with Crippen molar-refractivity contribution in [2.24, 2.45) is 0 Å². The first-order valence-corrected chi connectivity index (χ1v) is 12.3. The number of aromatic amines is 2. The number of rotatable bonds is 4. The fraction of sp³-hybridized carbons (Fsp3) is 0.154. The first kappa shape index (κ1) is 24.8. The topological polar surface area (TPSA) is 110 Å². The number of nitrogens with one attached hydrogen (secondary N) is 2. The van der Waals surface area contributed by atoms with E-state index < -0.39 is 11.9 Å². The number of halogens is 3. The molecule has 0 radical (unpaired) electrons. The SMILES string of the molecule is CCOC(=O)c1[nH]c2cc(F)c3ccoc3c2c1I.CCOC(=O)c1cc2c(cc(F)c3ccoc32)[nH]1. The summed E-state index contributed by atoms with van der Waals surface area (Å²) in [5, 5.41) is 2.17. The quantitative estimate of drug-likeness (QED) is 0.161. The molecular formula is C26H19F2IN2O6. The third kappa shape index (κ3) is 4.32. The second-order valence-corrected chi connectivity index (χ2v) is 8.94. The highest BCUT2D eigenvalue weighted by Crippen LogP contribution is 2.34. The van der Waals surface area contributed by atoms with Crippen molar-refractivity contribution in [3.63, 3.8) is 0 Å². The van der Waals surface area contributed by atoms with Crippen LogP contribution in [0.3, 0.4) is 0 Å². The highest BCUT2D eigenvalue weighted by molar-refractivity contribution is 14.1. The lowest BCUT2D eigenvalue weighted by atomic mass is 10.2. The average molecular weight is 620 g/mol. The average Bonchev–Trinajstić information content (AvgIpc) is 3.65. The molecule has 0 saturated carbocycles. The van der Waals surface area contributed by atoms with Crippen LogP contribution in [0.1, 0.15) is 34.8 Å². The molecule has 11 heteroatoms. The molecule has 6 rings (SSSR count). The molecule has 37 heavy (non-hydrogen) atoms. The summed E-state index contributed by atoms with van der Waals surface area (Å²) in [6, 6.07) is 7.44. The second kappa shape index (κ2) is 9.88. The molecule has 0 bridgehead atoms. The number of hydrogen-bond acceptors (Lipinski definition) is 6. The van der Waals surface area contributed by atoms with E-state index >= 15 is 0 Å². The zero-order chi connectivity index (χ0) is 26.3. The van der Waals surface area contributed by atoms with Gasteiger partial charge in [0.2, 0.25) is 0 Å².